The van der Waals surface area contributed by atoms with Crippen LogP contribution in [-0.4, -0.2) is 65.0 Å². The number of piperidine rings is 1. The summed E-state index contributed by atoms with van der Waals surface area (Å²) in [5.41, 5.74) is 1.68. The molecular weight excluding hydrogens is 340 g/mol. The molecule has 4 rings (SSSR count). The zero-order chi connectivity index (χ0) is 18.6. The number of piperazine rings is 1. The van der Waals surface area contributed by atoms with Gasteiger partial charge in [0.1, 0.15) is 0 Å². The third kappa shape index (κ3) is 4.39. The zero-order valence-corrected chi connectivity index (χ0v) is 16.0. The number of rotatable bonds is 5. The molecule has 2 aliphatic rings. The Morgan fingerprint density at radius 3 is 2.89 bits per heavy atom. The summed E-state index contributed by atoms with van der Waals surface area (Å²) in [7, 11) is 2.04. The van der Waals surface area contributed by atoms with E-state index in [-0.39, 0.29) is 5.91 Å². The van der Waals surface area contributed by atoms with E-state index in [1.54, 1.807) is 6.07 Å². The summed E-state index contributed by atoms with van der Waals surface area (Å²) in [6.45, 7) is 5.20. The van der Waals surface area contributed by atoms with Crippen LogP contribution in [0, 0.1) is 0 Å². The van der Waals surface area contributed by atoms with Gasteiger partial charge in [-0.3, -0.25) is 14.6 Å². The first kappa shape index (κ1) is 18.2. The largest absolute Gasteiger partial charge is 0.359 e. The fourth-order valence-corrected chi connectivity index (χ4v) is 4.21. The van der Waals surface area contributed by atoms with Crippen molar-refractivity contribution in [3.63, 3.8) is 0 Å². The van der Waals surface area contributed by atoms with E-state index in [4.69, 9.17) is 4.52 Å². The van der Waals surface area contributed by atoms with Gasteiger partial charge in [0.25, 0.3) is 5.91 Å². The summed E-state index contributed by atoms with van der Waals surface area (Å²) in [6, 6.07) is 12.6. The first-order chi connectivity index (χ1) is 13.2. The van der Waals surface area contributed by atoms with Crippen LogP contribution in [0.1, 0.15) is 41.1 Å². The van der Waals surface area contributed by atoms with Gasteiger partial charge in [0, 0.05) is 38.3 Å². The van der Waals surface area contributed by atoms with Crippen molar-refractivity contribution in [3.05, 3.63) is 53.4 Å². The lowest BCUT2D eigenvalue weighted by atomic mass is 9.99. The van der Waals surface area contributed by atoms with Gasteiger partial charge in [-0.05, 0) is 32.0 Å². The van der Waals surface area contributed by atoms with Gasteiger partial charge in [-0.2, -0.15) is 0 Å². The number of carbonyl (C=O) groups excluding carboxylic acids is 1. The summed E-state index contributed by atoms with van der Waals surface area (Å²) in [6.07, 6.45) is 3.75. The normalized spacial score (nSPS) is 20.7. The quantitative estimate of drug-likeness (QED) is 0.812. The Kier molecular flexibility index (Phi) is 5.55. The van der Waals surface area contributed by atoms with E-state index in [0.29, 0.717) is 18.3 Å². The number of nitrogens with zero attached hydrogens (tertiary/aromatic N) is 4. The van der Waals surface area contributed by atoms with E-state index >= 15 is 0 Å². The lowest BCUT2D eigenvalue weighted by Gasteiger charge is -2.43. The first-order valence-electron chi connectivity index (χ1n) is 9.90. The molecule has 2 aliphatic heterocycles. The molecule has 2 fully saturated rings. The molecule has 0 bridgehead atoms. The number of hydrogen-bond donors (Lipinski definition) is 0. The molecule has 1 aromatic carbocycles. The minimum Gasteiger partial charge on any atom is -0.359 e. The molecule has 0 spiro atoms. The highest BCUT2D eigenvalue weighted by Gasteiger charge is 2.32. The Hall–Kier alpha value is -2.18. The summed E-state index contributed by atoms with van der Waals surface area (Å²) in [5.74, 6) is 0.731. The molecule has 2 saturated heterocycles. The monoisotopic (exact) mass is 368 g/mol. The van der Waals surface area contributed by atoms with Gasteiger partial charge < -0.3 is 9.42 Å². The van der Waals surface area contributed by atoms with Gasteiger partial charge in [0.15, 0.2) is 11.5 Å². The van der Waals surface area contributed by atoms with Gasteiger partial charge in [0.2, 0.25) is 0 Å². The maximum Gasteiger partial charge on any atom is 0.276 e. The average molecular weight is 368 g/mol. The fourth-order valence-electron chi connectivity index (χ4n) is 4.21. The molecule has 0 radical (unpaired) electrons. The van der Waals surface area contributed by atoms with Crippen LogP contribution >= 0.6 is 0 Å². The number of carbonyl (C=O) groups is 1. The minimum absolute atomic E-state index is 0.000867. The summed E-state index contributed by atoms with van der Waals surface area (Å²) >= 11 is 0. The van der Waals surface area contributed by atoms with Crippen molar-refractivity contribution in [2.24, 2.45) is 0 Å². The molecule has 144 valence electrons. The molecule has 1 amide bonds. The van der Waals surface area contributed by atoms with Crippen LogP contribution in [0.25, 0.3) is 0 Å². The van der Waals surface area contributed by atoms with E-state index in [0.717, 1.165) is 31.9 Å². The standard InChI is InChI=1S/C21H28N4O2/c1-23(14-17-7-3-2-4-8-17)16-19-13-20(22-27-19)21(26)25-12-11-24-10-6-5-9-18(24)15-25/h2-4,7-8,13,18H,5-6,9-12,14-16H2,1H3. The molecule has 27 heavy (non-hydrogen) atoms. The van der Waals surface area contributed by atoms with Gasteiger partial charge in [-0.15, -0.1) is 0 Å². The summed E-state index contributed by atoms with van der Waals surface area (Å²) < 4.78 is 5.44. The Balaban J connectivity index is 1.33. The van der Waals surface area contributed by atoms with Crippen LogP contribution in [0.15, 0.2) is 40.9 Å². The molecule has 1 atom stereocenters. The highest BCUT2D eigenvalue weighted by Crippen LogP contribution is 2.22. The third-order valence-electron chi connectivity index (χ3n) is 5.62. The van der Waals surface area contributed by atoms with Crippen LogP contribution in [0.5, 0.6) is 0 Å². The Morgan fingerprint density at radius 2 is 2.04 bits per heavy atom. The molecule has 1 aromatic heterocycles. The second-order valence-corrected chi connectivity index (χ2v) is 7.77. The third-order valence-corrected chi connectivity index (χ3v) is 5.62. The number of aromatic nitrogens is 1. The number of benzene rings is 1. The lowest BCUT2D eigenvalue weighted by molar-refractivity contribution is 0.0365. The van der Waals surface area contributed by atoms with E-state index < -0.39 is 0 Å². The van der Waals surface area contributed by atoms with Crippen molar-refractivity contribution in [2.45, 2.75) is 38.4 Å². The topological polar surface area (TPSA) is 52.8 Å². The Morgan fingerprint density at radius 1 is 1.19 bits per heavy atom. The van der Waals surface area contributed by atoms with Gasteiger partial charge in [0.05, 0.1) is 6.54 Å². The summed E-state index contributed by atoms with van der Waals surface area (Å²) in [5, 5.41) is 4.05. The second-order valence-electron chi connectivity index (χ2n) is 7.77. The average Bonchev–Trinajstić information content (AvgIpc) is 3.16. The number of fused-ring (bicyclic) bond motifs is 1. The predicted octanol–water partition coefficient (Wildman–Crippen LogP) is 2.62. The number of amides is 1. The zero-order valence-electron chi connectivity index (χ0n) is 16.0. The highest BCUT2D eigenvalue weighted by atomic mass is 16.5. The molecular formula is C21H28N4O2. The van der Waals surface area contributed by atoms with E-state index in [1.807, 2.05) is 30.1 Å². The molecule has 3 heterocycles. The lowest BCUT2D eigenvalue weighted by Crippen LogP contribution is -2.56. The fraction of sp³-hybridized carbons (Fsp3) is 0.524. The van der Waals surface area contributed by atoms with E-state index in [1.165, 1.54) is 31.4 Å². The molecule has 0 N–H and O–H groups in total. The number of hydrogen-bond acceptors (Lipinski definition) is 5. The van der Waals surface area contributed by atoms with E-state index in [2.05, 4.69) is 27.1 Å². The van der Waals surface area contributed by atoms with Crippen LogP contribution < -0.4 is 0 Å². The predicted molar refractivity (Wildman–Crippen MR) is 103 cm³/mol. The Labute approximate surface area is 160 Å². The van der Waals surface area contributed by atoms with Crippen molar-refractivity contribution in [3.8, 4) is 0 Å². The van der Waals surface area contributed by atoms with Crippen molar-refractivity contribution < 1.29 is 9.32 Å². The molecule has 2 aromatic rings. The van der Waals surface area contributed by atoms with Crippen molar-refractivity contribution in [1.29, 1.82) is 0 Å². The van der Waals surface area contributed by atoms with Gasteiger partial charge in [-0.25, -0.2) is 0 Å². The Bertz CT molecular complexity index is 761. The van der Waals surface area contributed by atoms with Crippen LogP contribution in [0.3, 0.4) is 0 Å². The molecule has 6 heteroatoms. The second kappa shape index (κ2) is 8.23. The molecule has 6 nitrogen and oxygen atoms in total. The maximum atomic E-state index is 12.8. The molecule has 0 aliphatic carbocycles. The van der Waals surface area contributed by atoms with Crippen molar-refractivity contribution in [1.82, 2.24) is 19.9 Å². The SMILES string of the molecule is CN(Cc1ccccc1)Cc1cc(C(=O)N2CCN3CCCCC3C2)no1. The van der Waals surface area contributed by atoms with E-state index in [9.17, 15) is 4.79 Å². The van der Waals surface area contributed by atoms with Crippen LogP contribution in [-0.2, 0) is 13.1 Å². The van der Waals surface area contributed by atoms with Gasteiger partial charge in [-0.1, -0.05) is 41.9 Å². The van der Waals surface area contributed by atoms with Crippen LogP contribution in [0.4, 0.5) is 0 Å². The maximum absolute atomic E-state index is 12.8. The minimum atomic E-state index is 0.000867. The van der Waals surface area contributed by atoms with Gasteiger partial charge >= 0.3 is 0 Å². The molecule has 0 saturated carbocycles. The molecule has 1 unspecified atom stereocenters. The van der Waals surface area contributed by atoms with Crippen molar-refractivity contribution >= 4 is 5.91 Å². The van der Waals surface area contributed by atoms with Crippen molar-refractivity contribution in [2.75, 3.05) is 33.2 Å². The summed E-state index contributed by atoms with van der Waals surface area (Å²) in [4.78, 5) is 19.5. The van der Waals surface area contributed by atoms with Crippen LogP contribution in [0.2, 0.25) is 0 Å². The highest BCUT2D eigenvalue weighted by molar-refractivity contribution is 5.92. The smallest absolute Gasteiger partial charge is 0.276 e. The first-order valence-corrected chi connectivity index (χ1v) is 9.90.